The summed E-state index contributed by atoms with van der Waals surface area (Å²) in [6.07, 6.45) is 2.86. The van der Waals surface area contributed by atoms with E-state index in [9.17, 15) is 4.79 Å². The van der Waals surface area contributed by atoms with E-state index in [0.29, 0.717) is 24.8 Å². The van der Waals surface area contributed by atoms with Gasteiger partial charge in [0, 0.05) is 31.5 Å². The summed E-state index contributed by atoms with van der Waals surface area (Å²) in [5, 5.41) is 10.2. The number of rotatable bonds is 5. The van der Waals surface area contributed by atoms with Crippen LogP contribution in [0.25, 0.3) is 0 Å². The Balaban J connectivity index is 1.93. The number of halogens is 1. The van der Waals surface area contributed by atoms with Crippen molar-refractivity contribution in [2.24, 2.45) is 0 Å². The van der Waals surface area contributed by atoms with Crippen LogP contribution in [0.1, 0.15) is 18.9 Å². The molecule has 0 spiro atoms. The smallest absolute Gasteiger partial charge is 0.225 e. The Morgan fingerprint density at radius 2 is 2.50 bits per heavy atom. The second-order valence-electron chi connectivity index (χ2n) is 3.81. The van der Waals surface area contributed by atoms with Crippen LogP contribution in [0, 0.1) is 0 Å². The molecule has 1 saturated heterocycles. The Kier molecular flexibility index (Phi) is 3.79. The van der Waals surface area contributed by atoms with Gasteiger partial charge in [0.1, 0.15) is 5.82 Å². The molecule has 2 N–H and O–H groups in total. The highest BCUT2D eigenvalue weighted by molar-refractivity contribution is 6.18. The average molecular weight is 243 g/mol. The van der Waals surface area contributed by atoms with Gasteiger partial charge in [-0.05, 0) is 6.42 Å². The van der Waals surface area contributed by atoms with Crippen LogP contribution in [0.15, 0.2) is 12.3 Å². The Hall–Kier alpha value is -1.07. The number of anilines is 1. The van der Waals surface area contributed by atoms with Crippen LogP contribution in [-0.4, -0.2) is 34.7 Å². The van der Waals surface area contributed by atoms with Crippen LogP contribution < -0.4 is 10.6 Å². The SMILES string of the molecule is O=C(CCCCl)Nc1ccnn1C1CNC1. The molecule has 6 heteroatoms. The van der Waals surface area contributed by atoms with Crippen molar-refractivity contribution in [3.05, 3.63) is 12.3 Å². The first-order valence-electron chi connectivity index (χ1n) is 5.41. The molecule has 1 fully saturated rings. The van der Waals surface area contributed by atoms with Crippen molar-refractivity contribution in [2.45, 2.75) is 18.9 Å². The minimum absolute atomic E-state index is 0.00492. The Morgan fingerprint density at radius 3 is 3.12 bits per heavy atom. The standard InChI is InChI=1S/C10H15ClN4O/c11-4-1-2-10(16)14-9-3-5-13-15(9)8-6-12-7-8/h3,5,8,12H,1-2,4,6-7H2,(H,14,16). The molecule has 0 saturated carbocycles. The normalized spacial score (nSPS) is 15.8. The van der Waals surface area contributed by atoms with E-state index in [1.54, 1.807) is 6.20 Å². The molecule has 0 bridgehead atoms. The van der Waals surface area contributed by atoms with Gasteiger partial charge in [0.05, 0.1) is 12.2 Å². The third kappa shape index (κ3) is 2.54. The van der Waals surface area contributed by atoms with Gasteiger partial charge in [-0.1, -0.05) is 0 Å². The maximum Gasteiger partial charge on any atom is 0.225 e. The predicted octanol–water partition coefficient (Wildman–Crippen LogP) is 0.985. The van der Waals surface area contributed by atoms with Gasteiger partial charge in [0.15, 0.2) is 0 Å². The van der Waals surface area contributed by atoms with Crippen LogP contribution in [0.4, 0.5) is 5.82 Å². The molecule has 1 aromatic heterocycles. The molecule has 0 atom stereocenters. The number of alkyl halides is 1. The van der Waals surface area contributed by atoms with Gasteiger partial charge in [-0.25, -0.2) is 4.68 Å². The summed E-state index contributed by atoms with van der Waals surface area (Å²) in [5.74, 6) is 1.28. The van der Waals surface area contributed by atoms with Crippen LogP contribution >= 0.6 is 11.6 Å². The Morgan fingerprint density at radius 1 is 1.69 bits per heavy atom. The topological polar surface area (TPSA) is 59.0 Å². The first kappa shape index (κ1) is 11.4. The van der Waals surface area contributed by atoms with Crippen molar-refractivity contribution >= 4 is 23.3 Å². The molecule has 0 unspecified atom stereocenters. The molecule has 1 aliphatic heterocycles. The second kappa shape index (κ2) is 5.32. The zero-order valence-electron chi connectivity index (χ0n) is 8.95. The lowest BCUT2D eigenvalue weighted by atomic mass is 10.2. The predicted molar refractivity (Wildman–Crippen MR) is 62.7 cm³/mol. The maximum atomic E-state index is 11.5. The van der Waals surface area contributed by atoms with Crippen LogP contribution in [-0.2, 0) is 4.79 Å². The van der Waals surface area contributed by atoms with E-state index in [4.69, 9.17) is 11.6 Å². The summed E-state index contributed by atoms with van der Waals surface area (Å²) in [4.78, 5) is 11.5. The highest BCUT2D eigenvalue weighted by atomic mass is 35.5. The zero-order chi connectivity index (χ0) is 11.4. The number of aromatic nitrogens is 2. The van der Waals surface area contributed by atoms with E-state index >= 15 is 0 Å². The van der Waals surface area contributed by atoms with Crippen LogP contribution in [0.5, 0.6) is 0 Å². The quantitative estimate of drug-likeness (QED) is 0.757. The highest BCUT2D eigenvalue weighted by Crippen LogP contribution is 2.17. The van der Waals surface area contributed by atoms with Crippen molar-refractivity contribution in [1.82, 2.24) is 15.1 Å². The number of nitrogens with one attached hydrogen (secondary N) is 2. The van der Waals surface area contributed by atoms with Gasteiger partial charge in [0.25, 0.3) is 0 Å². The van der Waals surface area contributed by atoms with E-state index in [1.165, 1.54) is 0 Å². The van der Waals surface area contributed by atoms with Crippen molar-refractivity contribution in [3.8, 4) is 0 Å². The Labute approximate surface area is 99.2 Å². The molecule has 0 radical (unpaired) electrons. The summed E-state index contributed by atoms with van der Waals surface area (Å²) < 4.78 is 1.86. The number of hydrogen-bond donors (Lipinski definition) is 2. The lowest BCUT2D eigenvalue weighted by Crippen LogP contribution is -2.44. The number of hydrogen-bond acceptors (Lipinski definition) is 3. The van der Waals surface area contributed by atoms with Crippen LogP contribution in [0.3, 0.4) is 0 Å². The fourth-order valence-corrected chi connectivity index (χ4v) is 1.72. The molecular weight excluding hydrogens is 228 g/mol. The molecule has 16 heavy (non-hydrogen) atoms. The molecule has 88 valence electrons. The lowest BCUT2D eigenvalue weighted by Gasteiger charge is -2.28. The van der Waals surface area contributed by atoms with Gasteiger partial charge in [0.2, 0.25) is 5.91 Å². The number of carbonyl (C=O) groups is 1. The van der Waals surface area contributed by atoms with Gasteiger partial charge >= 0.3 is 0 Å². The van der Waals surface area contributed by atoms with Crippen molar-refractivity contribution in [3.63, 3.8) is 0 Å². The first-order valence-corrected chi connectivity index (χ1v) is 5.95. The summed E-state index contributed by atoms with van der Waals surface area (Å²) in [7, 11) is 0. The molecule has 2 rings (SSSR count). The van der Waals surface area contributed by atoms with E-state index < -0.39 is 0 Å². The highest BCUT2D eigenvalue weighted by Gasteiger charge is 2.21. The van der Waals surface area contributed by atoms with Crippen molar-refractivity contribution < 1.29 is 4.79 Å². The molecule has 1 aliphatic rings. The van der Waals surface area contributed by atoms with Gasteiger partial charge in [-0.3, -0.25) is 4.79 Å². The van der Waals surface area contributed by atoms with E-state index in [2.05, 4.69) is 15.7 Å². The van der Waals surface area contributed by atoms with Gasteiger partial charge < -0.3 is 10.6 Å². The summed E-state index contributed by atoms with van der Waals surface area (Å²) >= 11 is 5.53. The van der Waals surface area contributed by atoms with E-state index in [-0.39, 0.29) is 5.91 Å². The first-order chi connectivity index (χ1) is 7.81. The monoisotopic (exact) mass is 242 g/mol. The average Bonchev–Trinajstić information content (AvgIpc) is 2.61. The molecule has 1 amide bonds. The fraction of sp³-hybridized carbons (Fsp3) is 0.600. The molecule has 0 aromatic carbocycles. The zero-order valence-corrected chi connectivity index (χ0v) is 9.70. The number of nitrogens with zero attached hydrogens (tertiary/aromatic N) is 2. The van der Waals surface area contributed by atoms with Crippen molar-refractivity contribution in [1.29, 1.82) is 0 Å². The largest absolute Gasteiger partial charge is 0.312 e. The lowest BCUT2D eigenvalue weighted by molar-refractivity contribution is -0.116. The molecule has 5 nitrogen and oxygen atoms in total. The van der Waals surface area contributed by atoms with Gasteiger partial charge in [-0.15, -0.1) is 11.6 Å². The third-order valence-electron chi connectivity index (χ3n) is 2.58. The van der Waals surface area contributed by atoms with Gasteiger partial charge in [-0.2, -0.15) is 5.10 Å². The number of amides is 1. The number of carbonyl (C=O) groups excluding carboxylic acids is 1. The third-order valence-corrected chi connectivity index (χ3v) is 2.85. The molecular formula is C10H15ClN4O. The molecule has 2 heterocycles. The van der Waals surface area contributed by atoms with Crippen LogP contribution in [0.2, 0.25) is 0 Å². The summed E-state index contributed by atoms with van der Waals surface area (Å²) in [6, 6.07) is 2.18. The molecule has 1 aromatic rings. The second-order valence-corrected chi connectivity index (χ2v) is 4.19. The van der Waals surface area contributed by atoms with E-state index in [1.807, 2.05) is 10.7 Å². The summed E-state index contributed by atoms with van der Waals surface area (Å²) in [6.45, 7) is 1.82. The summed E-state index contributed by atoms with van der Waals surface area (Å²) in [5.41, 5.74) is 0. The Bertz CT molecular complexity index is 361. The van der Waals surface area contributed by atoms with E-state index in [0.717, 1.165) is 18.9 Å². The minimum atomic E-state index is -0.00492. The molecule has 0 aliphatic carbocycles. The minimum Gasteiger partial charge on any atom is -0.312 e. The fourth-order valence-electron chi connectivity index (χ4n) is 1.58. The van der Waals surface area contributed by atoms with Crippen molar-refractivity contribution in [2.75, 3.05) is 24.3 Å². The maximum absolute atomic E-state index is 11.5.